The number of H-pyrrole nitrogens is 1. The van der Waals surface area contributed by atoms with Crippen LogP contribution in [0.4, 0.5) is 0 Å². The second-order valence-corrected chi connectivity index (χ2v) is 9.98. The molecule has 4 rings (SSSR count). The highest BCUT2D eigenvalue weighted by molar-refractivity contribution is 7.89. The van der Waals surface area contributed by atoms with Crippen molar-refractivity contribution in [1.82, 2.24) is 14.6 Å². The largest absolute Gasteiger partial charge is 0.508 e. The van der Waals surface area contributed by atoms with Crippen molar-refractivity contribution in [1.29, 1.82) is 0 Å². The molecule has 2 heterocycles. The summed E-state index contributed by atoms with van der Waals surface area (Å²) in [5.41, 5.74) is 3.65. The van der Waals surface area contributed by atoms with Gasteiger partial charge in [0, 0.05) is 47.3 Å². The van der Waals surface area contributed by atoms with Gasteiger partial charge in [0.15, 0.2) is 0 Å². The lowest BCUT2D eigenvalue weighted by molar-refractivity contribution is 0.295. The normalized spacial score (nSPS) is 15.3. The van der Waals surface area contributed by atoms with E-state index in [1.165, 1.54) is 35.4 Å². The minimum absolute atomic E-state index is 0.0591. The van der Waals surface area contributed by atoms with E-state index >= 15 is 0 Å². The summed E-state index contributed by atoms with van der Waals surface area (Å²) in [6, 6.07) is 11.6. The predicted octanol–water partition coefficient (Wildman–Crippen LogP) is 4.37. The van der Waals surface area contributed by atoms with E-state index in [0.29, 0.717) is 6.54 Å². The van der Waals surface area contributed by atoms with Crippen LogP contribution in [0, 0.1) is 0 Å². The van der Waals surface area contributed by atoms with Crippen molar-refractivity contribution in [3.8, 4) is 5.75 Å². The van der Waals surface area contributed by atoms with Crippen molar-refractivity contribution in [2.45, 2.75) is 24.2 Å². The standard InChI is InChI=1S/C23H26ClN3O3S/c24-18-6-7-23-21(14-18)22(16-25-23)17-8-12-27(13-9-17)11-2-1-10-26-31(29,30)20-5-3-4-19(28)15-20/h3-8,14-16,25-26,28H,1-2,9-13H2. The topological polar surface area (TPSA) is 85.4 Å². The molecule has 1 aliphatic heterocycles. The zero-order chi connectivity index (χ0) is 21.8. The summed E-state index contributed by atoms with van der Waals surface area (Å²) < 4.78 is 27.1. The third-order valence-corrected chi connectivity index (χ3v) is 7.30. The Bertz CT molecular complexity index is 1200. The molecular weight excluding hydrogens is 434 g/mol. The Kier molecular flexibility index (Phi) is 6.67. The third-order valence-electron chi connectivity index (χ3n) is 5.60. The molecule has 0 aliphatic carbocycles. The number of nitrogens with zero attached hydrogens (tertiary/aromatic N) is 1. The van der Waals surface area contributed by atoms with E-state index in [1.54, 1.807) is 0 Å². The van der Waals surface area contributed by atoms with Crippen LogP contribution in [0.15, 0.2) is 59.6 Å². The maximum absolute atomic E-state index is 12.3. The molecule has 0 saturated heterocycles. The molecular formula is C23H26ClN3O3S. The van der Waals surface area contributed by atoms with Crippen LogP contribution in [-0.2, 0) is 10.0 Å². The molecule has 1 aromatic heterocycles. The molecule has 0 spiro atoms. The minimum atomic E-state index is -3.59. The number of benzene rings is 2. The van der Waals surface area contributed by atoms with Gasteiger partial charge in [-0.25, -0.2) is 13.1 Å². The molecule has 164 valence electrons. The number of aromatic amines is 1. The first kappa shape index (κ1) is 21.9. The Hall–Kier alpha value is -2.32. The van der Waals surface area contributed by atoms with Crippen LogP contribution in [0.5, 0.6) is 5.75 Å². The van der Waals surface area contributed by atoms with Crippen LogP contribution >= 0.6 is 11.6 Å². The fourth-order valence-electron chi connectivity index (χ4n) is 3.92. The van der Waals surface area contributed by atoms with Crippen molar-refractivity contribution in [3.05, 3.63) is 65.3 Å². The summed E-state index contributed by atoms with van der Waals surface area (Å²) in [5.74, 6) is -0.0591. The molecule has 0 amide bonds. The average Bonchev–Trinajstić information content (AvgIpc) is 3.17. The summed E-state index contributed by atoms with van der Waals surface area (Å²) in [6.07, 6.45) is 6.97. The lowest BCUT2D eigenvalue weighted by Gasteiger charge is -2.26. The van der Waals surface area contributed by atoms with Crippen molar-refractivity contribution < 1.29 is 13.5 Å². The summed E-state index contributed by atoms with van der Waals surface area (Å²) >= 11 is 6.17. The number of phenolic OH excluding ortho intramolecular Hbond substituents is 1. The highest BCUT2D eigenvalue weighted by atomic mass is 35.5. The molecule has 3 N–H and O–H groups in total. The third kappa shape index (κ3) is 5.30. The number of phenols is 1. The van der Waals surface area contributed by atoms with E-state index in [9.17, 15) is 13.5 Å². The molecule has 1 aliphatic rings. The smallest absolute Gasteiger partial charge is 0.240 e. The Morgan fingerprint density at radius 3 is 2.81 bits per heavy atom. The van der Waals surface area contributed by atoms with Crippen LogP contribution in [0.3, 0.4) is 0 Å². The van der Waals surface area contributed by atoms with Gasteiger partial charge in [0.1, 0.15) is 5.75 Å². The van der Waals surface area contributed by atoms with E-state index in [4.69, 9.17) is 11.6 Å². The molecule has 6 nitrogen and oxygen atoms in total. The maximum atomic E-state index is 12.3. The van der Waals surface area contributed by atoms with E-state index in [-0.39, 0.29) is 10.6 Å². The maximum Gasteiger partial charge on any atom is 0.240 e. The first-order chi connectivity index (χ1) is 14.9. The Morgan fingerprint density at radius 2 is 2.03 bits per heavy atom. The molecule has 0 bridgehead atoms. The minimum Gasteiger partial charge on any atom is -0.508 e. The molecule has 2 aromatic carbocycles. The lowest BCUT2D eigenvalue weighted by atomic mass is 9.99. The monoisotopic (exact) mass is 459 g/mol. The zero-order valence-electron chi connectivity index (χ0n) is 17.1. The number of hydrogen-bond acceptors (Lipinski definition) is 4. The lowest BCUT2D eigenvalue weighted by Crippen LogP contribution is -2.30. The van der Waals surface area contributed by atoms with E-state index in [1.807, 2.05) is 18.2 Å². The number of nitrogens with one attached hydrogen (secondary N) is 2. The van der Waals surface area contributed by atoms with Gasteiger partial charge in [-0.2, -0.15) is 0 Å². The predicted molar refractivity (Wildman–Crippen MR) is 125 cm³/mol. The van der Waals surface area contributed by atoms with Crippen LogP contribution in [0.25, 0.3) is 16.5 Å². The number of aromatic nitrogens is 1. The van der Waals surface area contributed by atoms with Crippen LogP contribution < -0.4 is 4.72 Å². The Balaban J connectivity index is 1.24. The summed E-state index contributed by atoms with van der Waals surface area (Å²) in [7, 11) is -3.59. The van der Waals surface area contributed by atoms with E-state index < -0.39 is 10.0 Å². The van der Waals surface area contributed by atoms with Crippen molar-refractivity contribution in [3.63, 3.8) is 0 Å². The van der Waals surface area contributed by atoms with Gasteiger partial charge in [-0.1, -0.05) is 23.7 Å². The van der Waals surface area contributed by atoms with E-state index in [2.05, 4.69) is 26.9 Å². The van der Waals surface area contributed by atoms with Crippen molar-refractivity contribution in [2.75, 3.05) is 26.2 Å². The van der Waals surface area contributed by atoms with Gasteiger partial charge in [0.25, 0.3) is 0 Å². The first-order valence-corrected chi connectivity index (χ1v) is 12.3. The molecule has 0 saturated carbocycles. The van der Waals surface area contributed by atoms with Gasteiger partial charge in [-0.15, -0.1) is 0 Å². The van der Waals surface area contributed by atoms with E-state index in [0.717, 1.165) is 54.8 Å². The fraction of sp³-hybridized carbons (Fsp3) is 0.304. The van der Waals surface area contributed by atoms with Crippen LogP contribution in [-0.4, -0.2) is 49.6 Å². The molecule has 0 radical (unpaired) electrons. The van der Waals surface area contributed by atoms with Crippen LogP contribution in [0.2, 0.25) is 5.02 Å². The molecule has 0 unspecified atom stereocenters. The Morgan fingerprint density at radius 1 is 1.16 bits per heavy atom. The number of hydrogen-bond donors (Lipinski definition) is 3. The van der Waals surface area contributed by atoms with Crippen molar-refractivity contribution in [2.24, 2.45) is 0 Å². The van der Waals surface area contributed by atoms with Gasteiger partial charge < -0.3 is 10.1 Å². The summed E-state index contributed by atoms with van der Waals surface area (Å²) in [6.45, 7) is 3.17. The average molecular weight is 460 g/mol. The van der Waals surface area contributed by atoms with Gasteiger partial charge in [-0.05, 0) is 67.8 Å². The highest BCUT2D eigenvalue weighted by Crippen LogP contribution is 2.30. The number of halogens is 1. The van der Waals surface area contributed by atoms with Gasteiger partial charge >= 0.3 is 0 Å². The van der Waals surface area contributed by atoms with Gasteiger partial charge in [-0.3, -0.25) is 4.90 Å². The summed E-state index contributed by atoms with van der Waals surface area (Å²) in [4.78, 5) is 5.78. The first-order valence-electron chi connectivity index (χ1n) is 10.4. The highest BCUT2D eigenvalue weighted by Gasteiger charge is 2.16. The molecule has 3 aromatic rings. The second kappa shape index (κ2) is 9.44. The number of unbranched alkanes of at least 4 members (excludes halogenated alkanes) is 1. The molecule has 31 heavy (non-hydrogen) atoms. The number of fused-ring (bicyclic) bond motifs is 1. The number of aromatic hydroxyl groups is 1. The molecule has 0 atom stereocenters. The quantitative estimate of drug-likeness (QED) is 0.436. The van der Waals surface area contributed by atoms with Crippen molar-refractivity contribution >= 4 is 38.1 Å². The summed E-state index contributed by atoms with van der Waals surface area (Å²) in [5, 5.41) is 11.4. The number of rotatable bonds is 8. The van der Waals surface area contributed by atoms with Gasteiger partial charge in [0.05, 0.1) is 4.90 Å². The Labute approximate surface area is 187 Å². The zero-order valence-corrected chi connectivity index (χ0v) is 18.7. The second-order valence-electron chi connectivity index (χ2n) is 7.77. The van der Waals surface area contributed by atoms with Crippen LogP contribution in [0.1, 0.15) is 24.8 Å². The number of sulfonamides is 1. The SMILES string of the molecule is O=S(=O)(NCCCCN1CC=C(c2c[nH]c3ccc(Cl)cc23)CC1)c1cccc(O)c1. The molecule has 0 fully saturated rings. The fourth-order valence-corrected chi connectivity index (χ4v) is 5.20. The van der Waals surface area contributed by atoms with Gasteiger partial charge in [0.2, 0.25) is 10.0 Å². The molecule has 8 heteroatoms.